The first kappa shape index (κ1) is 26.8. The van der Waals surface area contributed by atoms with E-state index in [0.717, 1.165) is 34.4 Å². The predicted octanol–water partition coefficient (Wildman–Crippen LogP) is 4.77. The third-order valence-corrected chi connectivity index (χ3v) is 5.97. The van der Waals surface area contributed by atoms with Crippen LogP contribution in [0.25, 0.3) is 0 Å². The molecule has 1 heterocycles. The van der Waals surface area contributed by atoms with Crippen molar-refractivity contribution in [2.24, 2.45) is 0 Å². The Balaban J connectivity index is 1.83. The van der Waals surface area contributed by atoms with E-state index < -0.39 is 17.8 Å². The Labute approximate surface area is 197 Å². The van der Waals surface area contributed by atoms with Gasteiger partial charge in [0.2, 0.25) is 0 Å². The zero-order valence-electron chi connectivity index (χ0n) is 20.7. The summed E-state index contributed by atoms with van der Waals surface area (Å²) in [4.78, 5) is 24.6. The molecule has 1 aliphatic heterocycles. The summed E-state index contributed by atoms with van der Waals surface area (Å²) in [5, 5.41) is 19.9. The van der Waals surface area contributed by atoms with Crippen molar-refractivity contribution in [2.75, 3.05) is 7.11 Å². The van der Waals surface area contributed by atoms with Crippen LogP contribution >= 0.6 is 0 Å². The number of aromatic hydroxyl groups is 1. The molecule has 0 aliphatic carbocycles. The summed E-state index contributed by atoms with van der Waals surface area (Å²) in [6, 6.07) is 3.35. The third-order valence-electron chi connectivity index (χ3n) is 5.97. The average molecular weight is 459 g/mol. The number of hydrogen-bond donors (Lipinski definition) is 2. The minimum Gasteiger partial charge on any atom is -0.508 e. The number of ketones is 2. The van der Waals surface area contributed by atoms with E-state index in [4.69, 9.17) is 9.47 Å². The molecule has 6 nitrogen and oxygen atoms in total. The Hall–Kier alpha value is -2.44. The lowest BCUT2D eigenvalue weighted by Crippen LogP contribution is -2.35. The largest absolute Gasteiger partial charge is 0.508 e. The number of methoxy groups -OCH3 is 1. The highest BCUT2D eigenvalue weighted by molar-refractivity contribution is 5.91. The highest BCUT2D eigenvalue weighted by atomic mass is 16.5. The summed E-state index contributed by atoms with van der Waals surface area (Å²) < 4.78 is 11.2. The fourth-order valence-electron chi connectivity index (χ4n) is 4.15. The van der Waals surface area contributed by atoms with Gasteiger partial charge in [0, 0.05) is 18.4 Å². The first-order valence-corrected chi connectivity index (χ1v) is 11.5. The molecule has 2 unspecified atom stereocenters. The van der Waals surface area contributed by atoms with Crippen LogP contribution in [0.15, 0.2) is 35.4 Å². The number of aryl methyl sites for hydroxylation is 1. The fourth-order valence-corrected chi connectivity index (χ4v) is 4.15. The molecule has 1 aliphatic rings. The lowest BCUT2D eigenvalue weighted by atomic mass is 9.98. The summed E-state index contributed by atoms with van der Waals surface area (Å²) in [6.45, 7) is 9.04. The van der Waals surface area contributed by atoms with Crippen LogP contribution in [-0.2, 0) is 20.7 Å². The second-order valence-corrected chi connectivity index (χ2v) is 9.67. The number of benzene rings is 1. The summed E-state index contributed by atoms with van der Waals surface area (Å²) in [5.41, 5.74) is 2.65. The number of rotatable bonds is 11. The molecule has 0 amide bonds. The topological polar surface area (TPSA) is 93.1 Å². The van der Waals surface area contributed by atoms with Crippen molar-refractivity contribution < 1.29 is 29.3 Å². The highest BCUT2D eigenvalue weighted by Gasteiger charge is 2.40. The molecule has 1 aromatic rings. The number of allylic oxidation sites excluding steroid dienone is 4. The molecule has 0 radical (unpaired) electrons. The molecule has 1 saturated heterocycles. The molecule has 0 saturated carbocycles. The summed E-state index contributed by atoms with van der Waals surface area (Å²) in [6.07, 6.45) is 5.95. The van der Waals surface area contributed by atoms with E-state index in [1.807, 2.05) is 26.8 Å². The van der Waals surface area contributed by atoms with Gasteiger partial charge in [-0.2, -0.15) is 0 Å². The molecular formula is C27H38O6. The second kappa shape index (κ2) is 11.6. The van der Waals surface area contributed by atoms with Crippen LogP contribution in [0.2, 0.25) is 0 Å². The number of phenolic OH excluding ortho intramolecular Hbond substituents is 1. The minimum atomic E-state index is -1.02. The maximum absolute atomic E-state index is 12.4. The smallest absolute Gasteiger partial charge is 0.164 e. The fraction of sp³-hybridized carbons (Fsp3) is 0.556. The minimum absolute atomic E-state index is 0.0376. The molecule has 0 spiro atoms. The summed E-state index contributed by atoms with van der Waals surface area (Å²) >= 11 is 0. The molecule has 0 aromatic heterocycles. The van der Waals surface area contributed by atoms with Gasteiger partial charge in [0.15, 0.2) is 11.6 Å². The van der Waals surface area contributed by atoms with Gasteiger partial charge >= 0.3 is 0 Å². The molecule has 2 rings (SSSR count). The summed E-state index contributed by atoms with van der Waals surface area (Å²) in [5.74, 6) is 1.02. The molecule has 1 aromatic carbocycles. The van der Waals surface area contributed by atoms with Crippen LogP contribution in [0.1, 0.15) is 70.9 Å². The number of carbonyl (C=O) groups is 2. The van der Waals surface area contributed by atoms with Crippen LogP contribution in [-0.4, -0.2) is 46.7 Å². The molecule has 182 valence electrons. The van der Waals surface area contributed by atoms with Gasteiger partial charge in [0.1, 0.15) is 17.6 Å². The maximum atomic E-state index is 12.4. The monoisotopic (exact) mass is 458 g/mol. The van der Waals surface area contributed by atoms with Crippen LogP contribution in [0.4, 0.5) is 0 Å². The normalized spacial score (nSPS) is 19.8. The van der Waals surface area contributed by atoms with Crippen molar-refractivity contribution in [1.82, 2.24) is 0 Å². The Morgan fingerprint density at radius 3 is 2.58 bits per heavy atom. The number of Topliss-reactive ketones (excluding diaryl/α,β-unsaturated/α-hetero) is 1. The number of ether oxygens (including phenoxy) is 2. The third kappa shape index (κ3) is 8.13. The molecular weight excluding hydrogens is 420 g/mol. The van der Waals surface area contributed by atoms with E-state index in [-0.39, 0.29) is 23.7 Å². The molecule has 6 heteroatoms. The van der Waals surface area contributed by atoms with Gasteiger partial charge in [0.05, 0.1) is 18.8 Å². The molecule has 1 fully saturated rings. The van der Waals surface area contributed by atoms with Gasteiger partial charge in [-0.1, -0.05) is 17.2 Å². The predicted molar refractivity (Wildman–Crippen MR) is 129 cm³/mol. The molecule has 2 N–H and O–H groups in total. The van der Waals surface area contributed by atoms with Crippen molar-refractivity contribution >= 4 is 11.6 Å². The lowest BCUT2D eigenvalue weighted by molar-refractivity contribution is -0.124. The van der Waals surface area contributed by atoms with E-state index in [2.05, 4.69) is 0 Å². The molecule has 33 heavy (non-hydrogen) atoms. The van der Waals surface area contributed by atoms with Gasteiger partial charge < -0.3 is 19.7 Å². The van der Waals surface area contributed by atoms with Gasteiger partial charge in [-0.3, -0.25) is 9.59 Å². The standard InChI is InChI=1S/C27H38O6/c1-17(8-7-9-24-23(30)16-25(33-24)27(4,5)31)12-21(28)13-18(2)10-11-20-15-22(29)14-19(3)26(20)32-6/h10,12,14-15,24-25,29,31H,7-9,11,13,16H2,1-6H3/b17-12-,18-10+. The van der Waals surface area contributed by atoms with Crippen molar-refractivity contribution in [3.63, 3.8) is 0 Å². The SMILES string of the molecule is COc1c(C)cc(O)cc1C/C=C(\C)CC(=O)/C=C(/C)CCCC1OC(C(C)(C)O)CC1=O. The van der Waals surface area contributed by atoms with Crippen LogP contribution in [0, 0.1) is 6.92 Å². The van der Waals surface area contributed by atoms with E-state index >= 15 is 0 Å². The quantitative estimate of drug-likeness (QED) is 0.366. The first-order chi connectivity index (χ1) is 15.4. The molecule has 2 atom stereocenters. The van der Waals surface area contributed by atoms with Gasteiger partial charge in [-0.15, -0.1) is 0 Å². The van der Waals surface area contributed by atoms with Crippen LogP contribution in [0.3, 0.4) is 0 Å². The Kier molecular flexibility index (Phi) is 9.44. The zero-order valence-corrected chi connectivity index (χ0v) is 20.7. The zero-order chi connectivity index (χ0) is 24.8. The number of hydrogen-bond acceptors (Lipinski definition) is 6. The number of carbonyl (C=O) groups excluding carboxylic acids is 2. The van der Waals surface area contributed by atoms with E-state index in [9.17, 15) is 19.8 Å². The molecule has 0 bridgehead atoms. The van der Waals surface area contributed by atoms with Crippen molar-refractivity contribution in [1.29, 1.82) is 0 Å². The average Bonchev–Trinajstić information content (AvgIpc) is 3.07. The van der Waals surface area contributed by atoms with Crippen molar-refractivity contribution in [2.45, 2.75) is 91.0 Å². The highest BCUT2D eigenvalue weighted by Crippen LogP contribution is 2.30. The number of aliphatic hydroxyl groups is 1. The van der Waals surface area contributed by atoms with Crippen LogP contribution in [0.5, 0.6) is 11.5 Å². The Bertz CT molecular complexity index is 919. The first-order valence-electron chi connectivity index (χ1n) is 11.5. The van der Waals surface area contributed by atoms with Crippen molar-refractivity contribution in [3.8, 4) is 11.5 Å². The second-order valence-electron chi connectivity index (χ2n) is 9.67. The van der Waals surface area contributed by atoms with Crippen LogP contribution < -0.4 is 4.74 Å². The Morgan fingerprint density at radius 2 is 1.97 bits per heavy atom. The maximum Gasteiger partial charge on any atom is 0.164 e. The van der Waals surface area contributed by atoms with E-state index in [0.29, 0.717) is 25.7 Å². The Morgan fingerprint density at radius 1 is 1.27 bits per heavy atom. The van der Waals surface area contributed by atoms with Gasteiger partial charge in [0.25, 0.3) is 0 Å². The van der Waals surface area contributed by atoms with E-state index in [1.54, 1.807) is 39.2 Å². The lowest BCUT2D eigenvalue weighted by Gasteiger charge is -2.24. The van der Waals surface area contributed by atoms with Crippen molar-refractivity contribution in [3.05, 3.63) is 46.6 Å². The van der Waals surface area contributed by atoms with E-state index in [1.165, 1.54) is 0 Å². The van der Waals surface area contributed by atoms with Gasteiger partial charge in [-0.25, -0.2) is 0 Å². The number of phenols is 1. The van der Waals surface area contributed by atoms with Gasteiger partial charge in [-0.05, 0) is 84.1 Å². The summed E-state index contributed by atoms with van der Waals surface area (Å²) in [7, 11) is 1.61.